The molecular formula is C18H20F2N4O2. The van der Waals surface area contributed by atoms with Crippen molar-refractivity contribution in [3.8, 4) is 5.69 Å². The number of hydrogen-bond acceptors (Lipinski definition) is 3. The lowest BCUT2D eigenvalue weighted by Crippen LogP contribution is -2.32. The third kappa shape index (κ3) is 3.58. The molecule has 138 valence electrons. The van der Waals surface area contributed by atoms with Crippen LogP contribution in [0.5, 0.6) is 0 Å². The number of aromatic nitrogens is 2. The summed E-state index contributed by atoms with van der Waals surface area (Å²) in [5, 5.41) is 6.89. The van der Waals surface area contributed by atoms with E-state index in [0.29, 0.717) is 5.56 Å². The van der Waals surface area contributed by atoms with Crippen molar-refractivity contribution in [3.63, 3.8) is 0 Å². The van der Waals surface area contributed by atoms with Gasteiger partial charge in [0.15, 0.2) is 0 Å². The maximum atomic E-state index is 12.6. The number of halogens is 2. The molecule has 2 heterocycles. The van der Waals surface area contributed by atoms with Gasteiger partial charge in [0, 0.05) is 18.2 Å². The molecule has 1 fully saturated rings. The summed E-state index contributed by atoms with van der Waals surface area (Å²) >= 11 is 0. The number of nitrogens with one attached hydrogen (secondary N) is 1. The van der Waals surface area contributed by atoms with Gasteiger partial charge in [-0.2, -0.15) is 5.10 Å². The average Bonchev–Trinajstić information content (AvgIpc) is 3.13. The molecule has 1 saturated heterocycles. The van der Waals surface area contributed by atoms with Gasteiger partial charge < -0.3 is 5.32 Å². The van der Waals surface area contributed by atoms with Crippen molar-refractivity contribution in [1.82, 2.24) is 20.0 Å². The van der Waals surface area contributed by atoms with Gasteiger partial charge in [-0.05, 0) is 18.1 Å². The molecule has 3 rings (SSSR count). The Bertz CT molecular complexity index is 805. The van der Waals surface area contributed by atoms with Gasteiger partial charge in [0.2, 0.25) is 6.43 Å². The van der Waals surface area contributed by atoms with Gasteiger partial charge in [0.05, 0.1) is 17.9 Å². The van der Waals surface area contributed by atoms with E-state index in [-0.39, 0.29) is 12.5 Å². The zero-order chi connectivity index (χ0) is 18.8. The van der Waals surface area contributed by atoms with Crippen molar-refractivity contribution in [1.29, 1.82) is 0 Å². The molecule has 0 saturated carbocycles. The maximum Gasteiger partial charge on any atom is 0.325 e. The number of hydrogen-bond donors (Lipinski definition) is 1. The molecule has 0 unspecified atom stereocenters. The maximum absolute atomic E-state index is 12.6. The van der Waals surface area contributed by atoms with Gasteiger partial charge >= 0.3 is 6.03 Å². The summed E-state index contributed by atoms with van der Waals surface area (Å²) in [6.45, 7) is 3.93. The number of nitrogens with zero attached hydrogens (tertiary/aromatic N) is 3. The lowest BCUT2D eigenvalue weighted by atomic mass is 10.1. The minimum absolute atomic E-state index is 0.00471. The average molecular weight is 362 g/mol. The van der Waals surface area contributed by atoms with E-state index in [1.165, 1.54) is 0 Å². The molecule has 26 heavy (non-hydrogen) atoms. The molecule has 0 spiro atoms. The summed E-state index contributed by atoms with van der Waals surface area (Å²) in [6.07, 6.45) is -1.57. The first kappa shape index (κ1) is 18.0. The molecule has 0 bridgehead atoms. The number of benzene rings is 1. The quantitative estimate of drug-likeness (QED) is 0.803. The third-order valence-corrected chi connectivity index (χ3v) is 4.24. The Hall–Kier alpha value is -2.77. The number of alkyl halides is 2. The highest BCUT2D eigenvalue weighted by Crippen LogP contribution is 2.23. The molecule has 2 aromatic rings. The van der Waals surface area contributed by atoms with Gasteiger partial charge in [-0.1, -0.05) is 32.0 Å². The predicted molar refractivity (Wildman–Crippen MR) is 91.1 cm³/mol. The molecule has 1 atom stereocenters. The second kappa shape index (κ2) is 7.23. The van der Waals surface area contributed by atoms with E-state index in [9.17, 15) is 18.4 Å². The van der Waals surface area contributed by atoms with Crippen molar-refractivity contribution in [3.05, 3.63) is 47.8 Å². The van der Waals surface area contributed by atoms with Crippen molar-refractivity contribution in [2.45, 2.75) is 45.2 Å². The van der Waals surface area contributed by atoms with Gasteiger partial charge in [0.1, 0.15) is 6.04 Å². The number of rotatable bonds is 6. The number of carbonyl (C=O) groups excluding carboxylic acids is 2. The summed E-state index contributed by atoms with van der Waals surface area (Å²) in [4.78, 5) is 25.3. The minimum atomic E-state index is -2.66. The molecule has 0 radical (unpaired) electrons. The van der Waals surface area contributed by atoms with Crippen LogP contribution >= 0.6 is 0 Å². The van der Waals surface area contributed by atoms with Gasteiger partial charge in [0.25, 0.3) is 5.91 Å². The second-order valence-corrected chi connectivity index (χ2v) is 6.53. The number of para-hydroxylation sites is 1. The normalized spacial score (nSPS) is 17.5. The van der Waals surface area contributed by atoms with Crippen LogP contribution in [0.4, 0.5) is 13.6 Å². The molecule has 6 nitrogen and oxygen atoms in total. The van der Waals surface area contributed by atoms with E-state index in [1.54, 1.807) is 10.9 Å². The molecule has 1 aliphatic rings. The SMILES string of the molecule is CC(C)c1nn(-c2ccccc2)cc1CN1C(=O)N[C@H](CC(F)F)C1=O. The van der Waals surface area contributed by atoms with Crippen LogP contribution in [-0.2, 0) is 11.3 Å². The standard InChI is InChI=1S/C18H20F2N4O2/c1-11(2)16-12(10-24(22-16)13-6-4-3-5-7-13)9-23-17(25)14(8-15(19)20)21-18(23)26/h3-7,10-11,14-15H,8-9H2,1-2H3,(H,21,26)/t14-/m1/s1. The second-order valence-electron chi connectivity index (χ2n) is 6.53. The summed E-state index contributed by atoms with van der Waals surface area (Å²) < 4.78 is 26.8. The first-order valence-corrected chi connectivity index (χ1v) is 8.40. The third-order valence-electron chi connectivity index (χ3n) is 4.24. The van der Waals surface area contributed by atoms with Crippen molar-refractivity contribution in [2.24, 2.45) is 0 Å². The minimum Gasteiger partial charge on any atom is -0.326 e. The highest BCUT2D eigenvalue weighted by Gasteiger charge is 2.39. The molecule has 0 aliphatic carbocycles. The number of urea groups is 1. The molecule has 1 N–H and O–H groups in total. The van der Waals surface area contributed by atoms with Crippen LogP contribution < -0.4 is 5.32 Å². The summed E-state index contributed by atoms with van der Waals surface area (Å²) in [7, 11) is 0. The van der Waals surface area contributed by atoms with E-state index < -0.39 is 30.8 Å². The van der Waals surface area contributed by atoms with Crippen molar-refractivity contribution in [2.75, 3.05) is 0 Å². The van der Waals surface area contributed by atoms with E-state index in [2.05, 4.69) is 10.4 Å². The van der Waals surface area contributed by atoms with E-state index in [4.69, 9.17) is 0 Å². The lowest BCUT2D eigenvalue weighted by molar-refractivity contribution is -0.128. The smallest absolute Gasteiger partial charge is 0.325 e. The Balaban J connectivity index is 1.86. The van der Waals surface area contributed by atoms with Gasteiger partial charge in [-0.3, -0.25) is 9.69 Å². The van der Waals surface area contributed by atoms with Crippen LogP contribution in [0.1, 0.15) is 37.4 Å². The van der Waals surface area contributed by atoms with E-state index in [0.717, 1.165) is 16.3 Å². The lowest BCUT2D eigenvalue weighted by Gasteiger charge is -2.13. The monoisotopic (exact) mass is 362 g/mol. The van der Waals surface area contributed by atoms with Crippen LogP contribution in [0.15, 0.2) is 36.5 Å². The van der Waals surface area contributed by atoms with Gasteiger partial charge in [-0.15, -0.1) is 0 Å². The van der Waals surface area contributed by atoms with E-state index in [1.807, 2.05) is 44.2 Å². The largest absolute Gasteiger partial charge is 0.326 e. The number of amides is 3. The molecule has 3 amide bonds. The highest BCUT2D eigenvalue weighted by molar-refractivity contribution is 6.04. The first-order chi connectivity index (χ1) is 12.4. The number of imide groups is 1. The highest BCUT2D eigenvalue weighted by atomic mass is 19.3. The fourth-order valence-corrected chi connectivity index (χ4v) is 2.98. The molecule has 1 aromatic carbocycles. The van der Waals surface area contributed by atoms with Crippen LogP contribution in [0.2, 0.25) is 0 Å². The molecule has 1 aliphatic heterocycles. The number of carbonyl (C=O) groups is 2. The summed E-state index contributed by atoms with van der Waals surface area (Å²) in [5.74, 6) is -0.551. The Kier molecular flexibility index (Phi) is 5.01. The van der Waals surface area contributed by atoms with Crippen molar-refractivity contribution >= 4 is 11.9 Å². The predicted octanol–water partition coefficient (Wildman–Crippen LogP) is 3.07. The zero-order valence-electron chi connectivity index (χ0n) is 14.5. The van der Waals surface area contributed by atoms with Crippen LogP contribution in [0.25, 0.3) is 5.69 Å². The van der Waals surface area contributed by atoms with Crippen LogP contribution in [-0.4, -0.2) is 39.1 Å². The topological polar surface area (TPSA) is 67.2 Å². The fraction of sp³-hybridized carbons (Fsp3) is 0.389. The molecule has 1 aromatic heterocycles. The fourth-order valence-electron chi connectivity index (χ4n) is 2.98. The Morgan fingerprint density at radius 2 is 1.88 bits per heavy atom. The van der Waals surface area contributed by atoms with Crippen LogP contribution in [0.3, 0.4) is 0 Å². The Morgan fingerprint density at radius 1 is 1.19 bits per heavy atom. The molecule has 8 heteroatoms. The van der Waals surface area contributed by atoms with Gasteiger partial charge in [-0.25, -0.2) is 18.3 Å². The molecular weight excluding hydrogens is 342 g/mol. The summed E-state index contributed by atoms with van der Waals surface area (Å²) in [6, 6.07) is 7.64. The Labute approximate surface area is 149 Å². The van der Waals surface area contributed by atoms with Crippen LogP contribution in [0, 0.1) is 0 Å². The Morgan fingerprint density at radius 3 is 2.50 bits per heavy atom. The van der Waals surface area contributed by atoms with E-state index >= 15 is 0 Å². The zero-order valence-corrected chi connectivity index (χ0v) is 14.5. The summed E-state index contributed by atoms with van der Waals surface area (Å²) in [5.41, 5.74) is 2.32. The van der Waals surface area contributed by atoms with Crippen molar-refractivity contribution < 1.29 is 18.4 Å². The first-order valence-electron chi connectivity index (χ1n) is 8.40.